The zero-order valence-corrected chi connectivity index (χ0v) is 17.9. The first-order valence-corrected chi connectivity index (χ1v) is 8.89. The van der Waals surface area contributed by atoms with Crippen molar-refractivity contribution in [3.05, 3.63) is 35.4 Å². The van der Waals surface area contributed by atoms with Crippen LogP contribution in [0.25, 0.3) is 0 Å². The summed E-state index contributed by atoms with van der Waals surface area (Å²) < 4.78 is 0. The Morgan fingerprint density at radius 2 is 1.96 bits per heavy atom. The maximum Gasteiger partial charge on any atom is 0.241 e. The first-order valence-electron chi connectivity index (χ1n) is 8.89. The molecule has 1 amide bonds. The second kappa shape index (κ2) is 11.3. The lowest BCUT2D eigenvalue weighted by molar-refractivity contribution is -0.130. The zero-order chi connectivity index (χ0) is 17.4. The van der Waals surface area contributed by atoms with Crippen molar-refractivity contribution in [3.8, 4) is 0 Å². The van der Waals surface area contributed by atoms with Crippen molar-refractivity contribution in [1.29, 1.82) is 0 Å². The van der Waals surface area contributed by atoms with Gasteiger partial charge in [0.1, 0.15) is 0 Å². The van der Waals surface area contributed by atoms with Crippen molar-refractivity contribution in [3.63, 3.8) is 0 Å². The summed E-state index contributed by atoms with van der Waals surface area (Å²) in [6.45, 7) is 7.15. The minimum absolute atomic E-state index is 0. The lowest BCUT2D eigenvalue weighted by Gasteiger charge is -2.27. The molecule has 0 aliphatic carbocycles. The number of guanidine groups is 1. The highest BCUT2D eigenvalue weighted by Crippen LogP contribution is 2.15. The van der Waals surface area contributed by atoms with Gasteiger partial charge in [-0.3, -0.25) is 9.79 Å². The molecule has 1 aliphatic heterocycles. The molecule has 1 saturated heterocycles. The second-order valence-electron chi connectivity index (χ2n) is 6.56. The van der Waals surface area contributed by atoms with Crippen LogP contribution in [-0.2, 0) is 4.79 Å². The van der Waals surface area contributed by atoms with Crippen molar-refractivity contribution in [2.24, 2.45) is 4.99 Å². The fourth-order valence-corrected chi connectivity index (χ4v) is 2.98. The van der Waals surface area contributed by atoms with Crippen LogP contribution in [0.3, 0.4) is 0 Å². The number of nitrogens with one attached hydrogen (secondary N) is 2. The molecule has 2 rings (SSSR count). The van der Waals surface area contributed by atoms with Gasteiger partial charge < -0.3 is 15.5 Å². The van der Waals surface area contributed by atoms with E-state index in [-0.39, 0.29) is 29.9 Å². The molecule has 25 heavy (non-hydrogen) atoms. The molecule has 5 nitrogen and oxygen atoms in total. The molecule has 1 aromatic rings. The summed E-state index contributed by atoms with van der Waals surface area (Å²) in [5.74, 6) is 1.21. The molecule has 1 heterocycles. The van der Waals surface area contributed by atoms with E-state index >= 15 is 0 Å². The van der Waals surface area contributed by atoms with Gasteiger partial charge in [-0.15, -0.1) is 24.0 Å². The van der Waals surface area contributed by atoms with Gasteiger partial charge in [0, 0.05) is 26.7 Å². The highest BCUT2D eigenvalue weighted by Gasteiger charge is 2.16. The van der Waals surface area contributed by atoms with Crippen LogP contribution in [0.15, 0.2) is 29.3 Å². The number of hydrogen-bond donors (Lipinski definition) is 2. The van der Waals surface area contributed by atoms with Crippen LogP contribution in [0.4, 0.5) is 0 Å². The monoisotopic (exact) mass is 458 g/mol. The van der Waals surface area contributed by atoms with Crippen LogP contribution in [0.5, 0.6) is 0 Å². The summed E-state index contributed by atoms with van der Waals surface area (Å²) in [5, 5.41) is 6.45. The molecule has 1 atom stereocenters. The molecule has 0 aromatic heterocycles. The van der Waals surface area contributed by atoms with E-state index in [0.717, 1.165) is 32.5 Å². The number of halogens is 1. The summed E-state index contributed by atoms with van der Waals surface area (Å²) in [6, 6.07) is 8.56. The van der Waals surface area contributed by atoms with Crippen molar-refractivity contribution in [2.75, 3.05) is 33.2 Å². The van der Waals surface area contributed by atoms with Gasteiger partial charge >= 0.3 is 0 Å². The first-order chi connectivity index (χ1) is 11.6. The Hall–Kier alpha value is -1.31. The van der Waals surface area contributed by atoms with Gasteiger partial charge in [0.2, 0.25) is 5.91 Å². The van der Waals surface area contributed by atoms with Gasteiger partial charge in [0.15, 0.2) is 5.96 Å². The number of aliphatic imine (C=N–C) groups is 1. The average Bonchev–Trinajstić information content (AvgIpc) is 2.62. The van der Waals surface area contributed by atoms with Gasteiger partial charge in [-0.05, 0) is 37.7 Å². The molecule has 0 radical (unpaired) electrons. The summed E-state index contributed by atoms with van der Waals surface area (Å²) in [5.41, 5.74) is 2.58. The molecule has 2 N–H and O–H groups in total. The molecule has 1 fully saturated rings. The number of benzene rings is 1. The molecule has 6 heteroatoms. The van der Waals surface area contributed by atoms with Crippen LogP contribution < -0.4 is 10.6 Å². The number of aryl methyl sites for hydroxylation is 1. The third-order valence-electron chi connectivity index (χ3n) is 4.53. The third-order valence-corrected chi connectivity index (χ3v) is 4.53. The van der Waals surface area contributed by atoms with E-state index in [4.69, 9.17) is 0 Å². The van der Waals surface area contributed by atoms with E-state index < -0.39 is 0 Å². The molecule has 1 aliphatic rings. The summed E-state index contributed by atoms with van der Waals surface area (Å²) in [6.07, 6.45) is 3.47. The van der Waals surface area contributed by atoms with E-state index in [1.165, 1.54) is 17.5 Å². The molecular formula is C19H31IN4O. The van der Waals surface area contributed by atoms with Gasteiger partial charge in [-0.1, -0.05) is 36.8 Å². The van der Waals surface area contributed by atoms with Crippen LogP contribution in [0.2, 0.25) is 0 Å². The Morgan fingerprint density at radius 1 is 1.24 bits per heavy atom. The quantitative estimate of drug-likeness (QED) is 0.406. The Morgan fingerprint density at radius 3 is 2.60 bits per heavy atom. The molecule has 0 bridgehead atoms. The van der Waals surface area contributed by atoms with E-state index in [1.54, 1.807) is 7.05 Å². The van der Waals surface area contributed by atoms with Crippen molar-refractivity contribution < 1.29 is 4.79 Å². The van der Waals surface area contributed by atoms with Crippen molar-refractivity contribution >= 4 is 35.8 Å². The maximum atomic E-state index is 12.2. The number of carbonyl (C=O) groups is 1. The smallest absolute Gasteiger partial charge is 0.241 e. The zero-order valence-electron chi connectivity index (χ0n) is 15.5. The molecule has 1 unspecified atom stereocenters. The minimum atomic E-state index is 0. The van der Waals surface area contributed by atoms with E-state index in [9.17, 15) is 4.79 Å². The van der Waals surface area contributed by atoms with Crippen LogP contribution in [-0.4, -0.2) is 50.0 Å². The summed E-state index contributed by atoms with van der Waals surface area (Å²) >= 11 is 0. The van der Waals surface area contributed by atoms with Gasteiger partial charge in [-0.25, -0.2) is 0 Å². The Balaban J connectivity index is 0.00000312. The number of likely N-dealkylation sites (tertiary alicyclic amines) is 1. The third kappa shape index (κ3) is 7.22. The molecule has 1 aromatic carbocycles. The summed E-state index contributed by atoms with van der Waals surface area (Å²) in [4.78, 5) is 18.4. The van der Waals surface area contributed by atoms with E-state index in [1.807, 2.05) is 4.90 Å². The number of rotatable bonds is 5. The van der Waals surface area contributed by atoms with Crippen molar-refractivity contribution in [2.45, 2.75) is 39.0 Å². The SMILES string of the molecule is CN=C(NCC(=O)N1CCCCC1)NCC(C)c1cccc(C)c1.I. The lowest BCUT2D eigenvalue weighted by atomic mass is 9.99. The Bertz CT molecular complexity index is 570. The maximum absolute atomic E-state index is 12.2. The van der Waals surface area contributed by atoms with E-state index in [0.29, 0.717) is 18.4 Å². The average molecular weight is 458 g/mol. The molecule has 0 saturated carbocycles. The predicted octanol–water partition coefficient (Wildman–Crippen LogP) is 2.89. The van der Waals surface area contributed by atoms with Gasteiger partial charge in [-0.2, -0.15) is 0 Å². The molecule has 0 spiro atoms. The van der Waals surface area contributed by atoms with Gasteiger partial charge in [0.25, 0.3) is 0 Å². The standard InChI is InChI=1S/C19H30N4O.HI/c1-15-8-7-9-17(12-15)16(2)13-21-19(20-3)22-14-18(24)23-10-5-4-6-11-23;/h7-9,12,16H,4-6,10-11,13-14H2,1-3H3,(H2,20,21,22);1H. The van der Waals surface area contributed by atoms with Crippen molar-refractivity contribution in [1.82, 2.24) is 15.5 Å². The van der Waals surface area contributed by atoms with Crippen LogP contribution in [0.1, 0.15) is 43.2 Å². The fraction of sp³-hybridized carbons (Fsp3) is 0.579. The largest absolute Gasteiger partial charge is 0.356 e. The number of carbonyl (C=O) groups excluding carboxylic acids is 1. The minimum Gasteiger partial charge on any atom is -0.356 e. The highest BCUT2D eigenvalue weighted by atomic mass is 127. The van der Waals surface area contributed by atoms with Crippen LogP contribution in [0, 0.1) is 6.92 Å². The normalized spacial score (nSPS) is 16.0. The topological polar surface area (TPSA) is 56.7 Å². The summed E-state index contributed by atoms with van der Waals surface area (Å²) in [7, 11) is 1.73. The second-order valence-corrected chi connectivity index (χ2v) is 6.56. The predicted molar refractivity (Wildman–Crippen MR) is 115 cm³/mol. The first kappa shape index (κ1) is 21.7. The molecule has 140 valence electrons. The number of piperidine rings is 1. The molecular weight excluding hydrogens is 427 g/mol. The highest BCUT2D eigenvalue weighted by molar-refractivity contribution is 14.0. The number of amides is 1. The van der Waals surface area contributed by atoms with Gasteiger partial charge in [0.05, 0.1) is 6.54 Å². The lowest BCUT2D eigenvalue weighted by Crippen LogP contribution is -2.46. The van der Waals surface area contributed by atoms with E-state index in [2.05, 4.69) is 53.7 Å². The Labute approximate surface area is 168 Å². The van der Waals surface area contributed by atoms with Crippen LogP contribution >= 0.6 is 24.0 Å². The fourth-order valence-electron chi connectivity index (χ4n) is 2.98. The number of nitrogens with zero attached hydrogens (tertiary/aromatic N) is 2. The number of hydrogen-bond acceptors (Lipinski definition) is 2. The Kier molecular flexibility index (Phi) is 9.85.